The number of rotatable bonds is 8. The molecule has 3 aromatic rings. The molecule has 0 radical (unpaired) electrons. The quantitative estimate of drug-likeness (QED) is 0.484. The zero-order valence-electron chi connectivity index (χ0n) is 14.5. The van der Waals surface area contributed by atoms with Gasteiger partial charge in [-0.05, 0) is 23.3 Å². The van der Waals surface area contributed by atoms with Gasteiger partial charge in [0, 0.05) is 21.2 Å². The van der Waals surface area contributed by atoms with Crippen molar-refractivity contribution in [2.45, 2.75) is 11.8 Å². The third-order valence-corrected chi connectivity index (χ3v) is 4.55. The summed E-state index contributed by atoms with van der Waals surface area (Å²) in [6, 6.07) is 22.0. The Balaban J connectivity index is 1.96. The molecule has 2 aromatic carbocycles. The molecule has 0 aliphatic heterocycles. The van der Waals surface area contributed by atoms with Gasteiger partial charge < -0.3 is 4.98 Å². The van der Waals surface area contributed by atoms with Crippen molar-refractivity contribution in [1.82, 2.24) is 4.98 Å². The Hall–Kier alpha value is -3.48. The van der Waals surface area contributed by atoms with Gasteiger partial charge in [-0.1, -0.05) is 60.7 Å². The van der Waals surface area contributed by atoms with Crippen molar-refractivity contribution >= 4 is 0 Å². The number of aromatic amines is 1. The Labute approximate surface area is 156 Å². The topological polar surface area (TPSA) is 102 Å². The van der Waals surface area contributed by atoms with E-state index in [0.717, 1.165) is 11.1 Å². The van der Waals surface area contributed by atoms with Crippen molar-refractivity contribution < 1.29 is 9.85 Å². The lowest BCUT2D eigenvalue weighted by atomic mass is 9.96. The van der Waals surface area contributed by atoms with E-state index >= 15 is 0 Å². The molecule has 0 saturated heterocycles. The minimum atomic E-state index is -0.443. The average molecular weight is 365 g/mol. The van der Waals surface area contributed by atoms with Crippen LogP contribution in [0.1, 0.15) is 34.4 Å². The molecular weight excluding hydrogens is 346 g/mol. The first-order chi connectivity index (χ1) is 13.0. The van der Waals surface area contributed by atoms with Gasteiger partial charge in [0.2, 0.25) is 13.1 Å². The van der Waals surface area contributed by atoms with Crippen molar-refractivity contribution in [3.8, 4) is 0 Å². The zero-order chi connectivity index (χ0) is 19.2. The molecule has 0 spiro atoms. The van der Waals surface area contributed by atoms with Crippen LogP contribution in [0.3, 0.4) is 0 Å². The minimum Gasteiger partial charge on any atom is -0.361 e. The molecular formula is C20H19N3O4. The second kappa shape index (κ2) is 8.27. The van der Waals surface area contributed by atoms with Gasteiger partial charge in [0.05, 0.1) is 11.8 Å². The molecule has 2 atom stereocenters. The van der Waals surface area contributed by atoms with E-state index in [1.807, 2.05) is 60.7 Å². The lowest BCUT2D eigenvalue weighted by molar-refractivity contribution is -0.482. The second-order valence-electron chi connectivity index (χ2n) is 6.33. The number of nitrogens with one attached hydrogen (secondary N) is 1. The van der Waals surface area contributed by atoms with Gasteiger partial charge in [-0.15, -0.1) is 0 Å². The van der Waals surface area contributed by atoms with Gasteiger partial charge in [0.25, 0.3) is 0 Å². The number of H-pyrrole nitrogens is 1. The van der Waals surface area contributed by atoms with Gasteiger partial charge in [-0.25, -0.2) is 0 Å². The average Bonchev–Trinajstić information content (AvgIpc) is 3.15. The summed E-state index contributed by atoms with van der Waals surface area (Å²) in [7, 11) is 0. The second-order valence-corrected chi connectivity index (χ2v) is 6.33. The predicted octanol–water partition coefficient (Wildman–Crippen LogP) is 3.83. The van der Waals surface area contributed by atoms with E-state index in [1.165, 1.54) is 0 Å². The number of nitro groups is 2. The van der Waals surface area contributed by atoms with E-state index in [1.54, 1.807) is 12.1 Å². The van der Waals surface area contributed by atoms with E-state index in [2.05, 4.69) is 4.98 Å². The van der Waals surface area contributed by atoms with Crippen molar-refractivity contribution in [1.29, 1.82) is 0 Å². The summed E-state index contributed by atoms with van der Waals surface area (Å²) in [6.07, 6.45) is 0. The Bertz CT molecular complexity index is 835. The summed E-state index contributed by atoms with van der Waals surface area (Å²) in [6.45, 7) is -0.510. The zero-order valence-corrected chi connectivity index (χ0v) is 14.5. The van der Waals surface area contributed by atoms with Crippen LogP contribution in [-0.2, 0) is 0 Å². The highest BCUT2D eigenvalue weighted by Crippen LogP contribution is 2.29. The molecule has 138 valence electrons. The molecule has 1 aromatic heterocycles. The standard InChI is InChI=1S/C20H19N3O4/c24-22(25)13-17(15-7-3-1-4-8-15)19-11-12-20(21-19)18(14-23(26)27)16-9-5-2-6-10-16/h1-12,17-18,21H,13-14H2. The molecule has 7 heteroatoms. The van der Waals surface area contributed by atoms with Crippen molar-refractivity contribution in [2.24, 2.45) is 0 Å². The first kappa shape index (κ1) is 18.3. The fourth-order valence-electron chi connectivity index (χ4n) is 3.27. The summed E-state index contributed by atoms with van der Waals surface area (Å²) in [5, 5.41) is 22.3. The number of benzene rings is 2. The summed E-state index contributed by atoms with van der Waals surface area (Å²) in [4.78, 5) is 24.9. The molecule has 27 heavy (non-hydrogen) atoms. The third-order valence-electron chi connectivity index (χ3n) is 4.55. The summed E-state index contributed by atoms with van der Waals surface area (Å²) in [5.41, 5.74) is 3.01. The molecule has 0 amide bonds. The Morgan fingerprint density at radius 1 is 0.667 bits per heavy atom. The first-order valence-electron chi connectivity index (χ1n) is 8.57. The van der Waals surface area contributed by atoms with Crippen LogP contribution >= 0.6 is 0 Å². The van der Waals surface area contributed by atoms with Crippen LogP contribution < -0.4 is 0 Å². The van der Waals surface area contributed by atoms with Crippen LogP contribution in [-0.4, -0.2) is 27.9 Å². The Morgan fingerprint density at radius 2 is 1.04 bits per heavy atom. The molecule has 1 N–H and O–H groups in total. The maximum Gasteiger partial charge on any atom is 0.216 e. The summed E-state index contributed by atoms with van der Waals surface area (Å²) in [5.74, 6) is -0.885. The molecule has 7 nitrogen and oxygen atoms in total. The fourth-order valence-corrected chi connectivity index (χ4v) is 3.27. The molecule has 0 saturated carbocycles. The molecule has 0 aliphatic rings. The third kappa shape index (κ3) is 4.58. The predicted molar refractivity (Wildman–Crippen MR) is 101 cm³/mol. The van der Waals surface area contributed by atoms with Gasteiger partial charge in [-0.3, -0.25) is 20.2 Å². The summed E-state index contributed by atoms with van der Waals surface area (Å²) >= 11 is 0. The van der Waals surface area contributed by atoms with E-state index in [0.29, 0.717) is 11.4 Å². The van der Waals surface area contributed by atoms with Crippen LogP contribution in [0.15, 0.2) is 72.8 Å². The van der Waals surface area contributed by atoms with E-state index in [4.69, 9.17) is 0 Å². The van der Waals surface area contributed by atoms with Crippen molar-refractivity contribution in [3.05, 3.63) is 116 Å². The highest BCUT2D eigenvalue weighted by atomic mass is 16.6. The lowest BCUT2D eigenvalue weighted by Gasteiger charge is -2.14. The number of hydrogen-bond acceptors (Lipinski definition) is 4. The van der Waals surface area contributed by atoms with Crippen molar-refractivity contribution in [3.63, 3.8) is 0 Å². The normalized spacial score (nSPS) is 13.0. The van der Waals surface area contributed by atoms with Crippen LogP contribution in [0.2, 0.25) is 0 Å². The van der Waals surface area contributed by atoms with Gasteiger partial charge in [0.15, 0.2) is 0 Å². The number of aromatic nitrogens is 1. The molecule has 3 rings (SSSR count). The highest BCUT2D eigenvalue weighted by molar-refractivity contribution is 5.34. The van der Waals surface area contributed by atoms with Crippen LogP contribution in [0.4, 0.5) is 0 Å². The van der Waals surface area contributed by atoms with E-state index in [-0.39, 0.29) is 22.9 Å². The highest BCUT2D eigenvalue weighted by Gasteiger charge is 2.25. The van der Waals surface area contributed by atoms with Crippen molar-refractivity contribution in [2.75, 3.05) is 13.1 Å². The molecule has 0 bridgehead atoms. The number of nitrogens with zero attached hydrogens (tertiary/aromatic N) is 2. The van der Waals surface area contributed by atoms with Crippen LogP contribution in [0.25, 0.3) is 0 Å². The monoisotopic (exact) mass is 365 g/mol. The Kier molecular flexibility index (Phi) is 5.61. The minimum absolute atomic E-state index is 0.255. The smallest absolute Gasteiger partial charge is 0.216 e. The van der Waals surface area contributed by atoms with Crippen LogP contribution in [0, 0.1) is 20.2 Å². The molecule has 0 aliphatic carbocycles. The summed E-state index contributed by atoms with van der Waals surface area (Å²) < 4.78 is 0. The lowest BCUT2D eigenvalue weighted by Crippen LogP contribution is -2.16. The fraction of sp³-hybridized carbons (Fsp3) is 0.200. The molecule has 0 fully saturated rings. The maximum absolute atomic E-state index is 11.2. The van der Waals surface area contributed by atoms with Gasteiger partial charge in [0.1, 0.15) is 0 Å². The first-order valence-corrected chi connectivity index (χ1v) is 8.57. The van der Waals surface area contributed by atoms with E-state index in [9.17, 15) is 20.2 Å². The van der Waals surface area contributed by atoms with Crippen LogP contribution in [0.5, 0.6) is 0 Å². The molecule has 1 heterocycles. The van der Waals surface area contributed by atoms with Gasteiger partial charge >= 0.3 is 0 Å². The number of hydrogen-bond donors (Lipinski definition) is 1. The van der Waals surface area contributed by atoms with Gasteiger partial charge in [-0.2, -0.15) is 0 Å². The molecule has 2 unspecified atom stereocenters. The largest absolute Gasteiger partial charge is 0.361 e. The maximum atomic E-state index is 11.2. The Morgan fingerprint density at radius 3 is 1.37 bits per heavy atom. The van der Waals surface area contributed by atoms with E-state index < -0.39 is 11.8 Å². The SMILES string of the molecule is O=[N+]([O-])CC(c1ccccc1)c1ccc(C(C[N+](=O)[O-])c2ccccc2)[nH]1.